The van der Waals surface area contributed by atoms with Crippen molar-refractivity contribution < 1.29 is 9.53 Å². The second-order valence-electron chi connectivity index (χ2n) is 6.18. The van der Waals surface area contributed by atoms with Gasteiger partial charge < -0.3 is 4.74 Å². The monoisotopic (exact) mass is 436 g/mol. The molecule has 0 unspecified atom stereocenters. The lowest BCUT2D eigenvalue weighted by atomic mass is 9.79. The van der Waals surface area contributed by atoms with Gasteiger partial charge in [0.1, 0.15) is 5.41 Å². The highest BCUT2D eigenvalue weighted by Crippen LogP contribution is 2.46. The van der Waals surface area contributed by atoms with Crippen LogP contribution < -0.4 is 0 Å². The molecule has 27 heavy (non-hydrogen) atoms. The van der Waals surface area contributed by atoms with E-state index in [0.717, 1.165) is 16.7 Å². The second-order valence-corrected chi connectivity index (χ2v) is 8.70. The largest absolute Gasteiger partial charge is 0.418 e. The zero-order valence-electron chi connectivity index (χ0n) is 14.9. The number of allylic oxidation sites excluding steroid dienone is 1. The topological polar surface area (TPSA) is 26.3 Å². The molecular weight excluding hydrogens is 419 g/mol. The van der Waals surface area contributed by atoms with Gasteiger partial charge >= 0.3 is 5.97 Å². The van der Waals surface area contributed by atoms with Gasteiger partial charge in [-0.25, -0.2) is 0 Å². The summed E-state index contributed by atoms with van der Waals surface area (Å²) in [5.74, 6) is -0.362. The maximum atomic E-state index is 13.2. The number of thioether (sulfide) groups is 1. The molecule has 0 N–H and O–H groups in total. The fourth-order valence-corrected chi connectivity index (χ4v) is 5.34. The van der Waals surface area contributed by atoms with Crippen molar-refractivity contribution in [1.29, 1.82) is 0 Å². The number of benzene rings is 2. The molecule has 6 heteroatoms. The van der Waals surface area contributed by atoms with E-state index in [1.54, 1.807) is 12.1 Å². The highest BCUT2D eigenvalue weighted by Gasteiger charge is 2.49. The molecule has 1 aliphatic heterocycles. The van der Waals surface area contributed by atoms with Crippen LogP contribution in [0, 0.1) is 0 Å². The van der Waals surface area contributed by atoms with E-state index in [9.17, 15) is 4.79 Å². The highest BCUT2D eigenvalue weighted by molar-refractivity contribution is 8.26. The normalized spacial score (nSPS) is 21.8. The third-order valence-corrected chi connectivity index (χ3v) is 6.81. The number of hydrogen-bond acceptors (Lipinski definition) is 4. The lowest BCUT2D eigenvalue weighted by molar-refractivity contribution is -0.142. The van der Waals surface area contributed by atoms with Crippen LogP contribution in [-0.4, -0.2) is 10.2 Å². The number of thiocarbonyl (C=S) groups is 1. The summed E-state index contributed by atoms with van der Waals surface area (Å²) < 4.78 is 6.41. The zero-order chi connectivity index (χ0) is 19.6. The number of carbonyl (C=O) groups excluding carboxylic acids is 1. The Morgan fingerprint density at radius 2 is 1.78 bits per heavy atom. The van der Waals surface area contributed by atoms with Crippen LogP contribution in [0.25, 0.3) is 5.57 Å². The Balaban J connectivity index is 2.06. The number of ether oxygens (including phenoxy) is 1. The van der Waals surface area contributed by atoms with Crippen LogP contribution in [0.15, 0.2) is 53.6 Å². The number of esters is 1. The first-order chi connectivity index (χ1) is 12.9. The van der Waals surface area contributed by atoms with Crippen LogP contribution >= 0.6 is 47.2 Å². The van der Waals surface area contributed by atoms with E-state index in [2.05, 4.69) is 0 Å². The fraction of sp³-hybridized carbons (Fsp3) is 0.238. The Morgan fingerprint density at radius 3 is 2.33 bits per heavy atom. The molecule has 0 amide bonds. The Bertz CT molecular complexity index is 917. The van der Waals surface area contributed by atoms with Crippen LogP contribution in [0.1, 0.15) is 37.8 Å². The first-order valence-electron chi connectivity index (χ1n) is 8.62. The van der Waals surface area contributed by atoms with Gasteiger partial charge in [-0.2, -0.15) is 0 Å². The minimum absolute atomic E-state index is 0.362. The predicted octanol–water partition coefficient (Wildman–Crippen LogP) is 7.04. The van der Waals surface area contributed by atoms with Crippen LogP contribution in [0.4, 0.5) is 0 Å². The second kappa shape index (κ2) is 8.36. The van der Waals surface area contributed by atoms with Crippen molar-refractivity contribution in [2.75, 3.05) is 0 Å². The molecular formula is C21H18Cl2O2S2. The molecule has 0 aliphatic carbocycles. The summed E-state index contributed by atoms with van der Waals surface area (Å²) >= 11 is 19.3. The molecule has 3 rings (SSSR count). The first-order valence-corrected chi connectivity index (χ1v) is 10.6. The molecule has 0 saturated carbocycles. The molecule has 1 aliphatic rings. The van der Waals surface area contributed by atoms with Crippen LogP contribution in [-0.2, 0) is 14.9 Å². The molecule has 1 heterocycles. The van der Waals surface area contributed by atoms with E-state index in [0.29, 0.717) is 32.2 Å². The molecule has 1 atom stereocenters. The average molecular weight is 437 g/mol. The molecule has 0 aromatic heterocycles. The summed E-state index contributed by atoms with van der Waals surface area (Å²) in [4.78, 5) is 13.2. The maximum Gasteiger partial charge on any atom is 0.328 e. The van der Waals surface area contributed by atoms with Gasteiger partial charge in [0.05, 0.1) is 4.20 Å². The van der Waals surface area contributed by atoms with E-state index in [-0.39, 0.29) is 5.97 Å². The van der Waals surface area contributed by atoms with E-state index in [1.165, 1.54) is 11.8 Å². The van der Waals surface area contributed by atoms with E-state index in [4.69, 9.17) is 40.2 Å². The van der Waals surface area contributed by atoms with Crippen LogP contribution in [0.3, 0.4) is 0 Å². The van der Waals surface area contributed by atoms with Crippen LogP contribution in [0.2, 0.25) is 10.0 Å². The lowest BCUT2D eigenvalue weighted by Crippen LogP contribution is -2.45. The molecule has 2 nitrogen and oxygen atoms in total. The average Bonchev–Trinajstić information content (AvgIpc) is 2.63. The van der Waals surface area contributed by atoms with E-state index in [1.807, 2.05) is 50.2 Å². The zero-order valence-corrected chi connectivity index (χ0v) is 18.1. The van der Waals surface area contributed by atoms with Crippen molar-refractivity contribution in [3.05, 3.63) is 74.8 Å². The van der Waals surface area contributed by atoms with E-state index < -0.39 is 5.41 Å². The Kier molecular flexibility index (Phi) is 6.32. The molecule has 0 spiro atoms. The van der Waals surface area contributed by atoms with Crippen molar-refractivity contribution in [3.8, 4) is 0 Å². The summed E-state index contributed by atoms with van der Waals surface area (Å²) in [6.07, 6.45) is 1.19. The molecule has 2 aromatic carbocycles. The maximum absolute atomic E-state index is 13.2. The molecule has 1 fully saturated rings. The number of hydrogen-bond donors (Lipinski definition) is 0. The molecule has 2 aromatic rings. The molecule has 0 bridgehead atoms. The van der Waals surface area contributed by atoms with Crippen molar-refractivity contribution in [3.63, 3.8) is 0 Å². The molecule has 140 valence electrons. The number of halogens is 2. The SMILES string of the molecule is CC/C(=C1\OC(=O)[C@@](CC)(c2cccc(Cl)c2)C(=S)S1)c1cccc(Cl)c1. The Labute approximate surface area is 178 Å². The number of carbonyl (C=O) groups is 1. The van der Waals surface area contributed by atoms with Gasteiger partial charge in [-0.3, -0.25) is 4.79 Å². The summed E-state index contributed by atoms with van der Waals surface area (Å²) in [6, 6.07) is 14.8. The highest BCUT2D eigenvalue weighted by atomic mass is 35.5. The minimum atomic E-state index is -0.985. The van der Waals surface area contributed by atoms with Crippen molar-refractivity contribution >= 4 is 62.9 Å². The van der Waals surface area contributed by atoms with Gasteiger partial charge in [-0.05, 0) is 60.0 Å². The number of rotatable bonds is 4. The minimum Gasteiger partial charge on any atom is -0.418 e. The van der Waals surface area contributed by atoms with Gasteiger partial charge in [-0.15, -0.1) is 0 Å². The van der Waals surface area contributed by atoms with Crippen LogP contribution in [0.5, 0.6) is 0 Å². The first kappa shape index (κ1) is 20.4. The van der Waals surface area contributed by atoms with Crippen molar-refractivity contribution in [2.45, 2.75) is 32.1 Å². The van der Waals surface area contributed by atoms with Gasteiger partial charge in [0.15, 0.2) is 5.09 Å². The van der Waals surface area contributed by atoms with E-state index >= 15 is 0 Å². The smallest absolute Gasteiger partial charge is 0.328 e. The van der Waals surface area contributed by atoms with Gasteiger partial charge in [0, 0.05) is 15.6 Å². The molecule has 1 saturated heterocycles. The summed E-state index contributed by atoms with van der Waals surface area (Å²) in [5, 5.41) is 1.73. The Hall–Kier alpha value is -1.33. The quantitative estimate of drug-likeness (QED) is 0.379. The van der Waals surface area contributed by atoms with Crippen molar-refractivity contribution in [2.24, 2.45) is 0 Å². The van der Waals surface area contributed by atoms with Gasteiger partial charge in [0.25, 0.3) is 0 Å². The third kappa shape index (κ3) is 3.81. The van der Waals surface area contributed by atoms with Gasteiger partial charge in [-0.1, -0.05) is 73.5 Å². The summed E-state index contributed by atoms with van der Waals surface area (Å²) in [5.41, 5.74) is 1.62. The lowest BCUT2D eigenvalue weighted by Gasteiger charge is -2.36. The molecule has 0 radical (unpaired) electrons. The van der Waals surface area contributed by atoms with Gasteiger partial charge in [0.2, 0.25) is 0 Å². The summed E-state index contributed by atoms with van der Waals surface area (Å²) in [7, 11) is 0. The third-order valence-electron chi connectivity index (χ3n) is 4.69. The predicted molar refractivity (Wildman–Crippen MR) is 118 cm³/mol. The fourth-order valence-electron chi connectivity index (χ4n) is 3.19. The standard InChI is InChI=1S/C21H18Cl2O2S2/c1-3-17(13-7-5-9-15(22)11-13)18-25-19(24)21(4-2,20(26)27-18)14-8-6-10-16(23)12-14/h5-12H,3-4H2,1-2H3/b18-17-/t21-/m1/s1. The van der Waals surface area contributed by atoms with Crippen molar-refractivity contribution in [1.82, 2.24) is 0 Å². The number of cyclic esters (lactones) is 1. The summed E-state index contributed by atoms with van der Waals surface area (Å²) in [6.45, 7) is 3.95. The Morgan fingerprint density at radius 1 is 1.11 bits per heavy atom.